The van der Waals surface area contributed by atoms with Crippen LogP contribution in [0.3, 0.4) is 0 Å². The molecule has 0 amide bonds. The molecule has 0 aliphatic rings. The third-order valence-electron chi connectivity index (χ3n) is 1.91. The summed E-state index contributed by atoms with van der Waals surface area (Å²) in [7, 11) is 0. The summed E-state index contributed by atoms with van der Waals surface area (Å²) in [5, 5.41) is 9.04. The van der Waals surface area contributed by atoms with Gasteiger partial charge in [0.05, 0.1) is 0 Å². The SMILES string of the molecule is C=C(C)C(=O)OCOCC(=O)Oc1ccc(O)cc1. The fourth-order valence-corrected chi connectivity index (χ4v) is 1.02. The first-order chi connectivity index (χ1) is 8.99. The van der Waals surface area contributed by atoms with E-state index in [1.54, 1.807) is 0 Å². The average molecular weight is 266 g/mol. The predicted octanol–water partition coefficient (Wildman–Crippen LogP) is 1.39. The molecule has 0 aliphatic carbocycles. The van der Waals surface area contributed by atoms with Crippen molar-refractivity contribution in [1.29, 1.82) is 0 Å². The molecule has 1 N–H and O–H groups in total. The van der Waals surface area contributed by atoms with Crippen LogP contribution in [0.4, 0.5) is 0 Å². The van der Waals surface area contributed by atoms with E-state index in [1.807, 2.05) is 0 Å². The van der Waals surface area contributed by atoms with Gasteiger partial charge in [0.25, 0.3) is 0 Å². The second kappa shape index (κ2) is 7.17. The summed E-state index contributed by atoms with van der Waals surface area (Å²) in [6, 6.07) is 5.65. The monoisotopic (exact) mass is 266 g/mol. The van der Waals surface area contributed by atoms with E-state index in [-0.39, 0.29) is 30.5 Å². The number of esters is 2. The fourth-order valence-electron chi connectivity index (χ4n) is 1.02. The molecule has 1 aromatic carbocycles. The third kappa shape index (κ3) is 5.69. The summed E-state index contributed by atoms with van der Waals surface area (Å²) in [5.74, 6) is -0.878. The van der Waals surface area contributed by atoms with Gasteiger partial charge in [-0.3, -0.25) is 0 Å². The van der Waals surface area contributed by atoms with E-state index >= 15 is 0 Å². The molecule has 0 saturated carbocycles. The summed E-state index contributed by atoms with van der Waals surface area (Å²) in [4.78, 5) is 22.3. The summed E-state index contributed by atoms with van der Waals surface area (Å²) in [6.45, 7) is 4.18. The molecule has 0 unspecified atom stereocenters. The lowest BCUT2D eigenvalue weighted by Gasteiger charge is -2.06. The molecule has 0 bridgehead atoms. The summed E-state index contributed by atoms with van der Waals surface area (Å²) < 4.78 is 14.3. The van der Waals surface area contributed by atoms with Gasteiger partial charge in [0.1, 0.15) is 18.1 Å². The van der Waals surface area contributed by atoms with Crippen molar-refractivity contribution in [3.63, 3.8) is 0 Å². The molecule has 0 aromatic heterocycles. The fraction of sp³-hybridized carbons (Fsp3) is 0.231. The highest BCUT2D eigenvalue weighted by molar-refractivity contribution is 5.86. The lowest BCUT2D eigenvalue weighted by molar-refractivity contribution is -0.158. The molecule has 1 aromatic rings. The minimum absolute atomic E-state index is 0.0720. The third-order valence-corrected chi connectivity index (χ3v) is 1.91. The number of carbonyl (C=O) groups is 2. The highest BCUT2D eigenvalue weighted by Crippen LogP contribution is 2.15. The Morgan fingerprint density at radius 2 is 1.89 bits per heavy atom. The maximum absolute atomic E-state index is 11.3. The van der Waals surface area contributed by atoms with E-state index in [4.69, 9.17) is 14.6 Å². The van der Waals surface area contributed by atoms with Crippen molar-refractivity contribution >= 4 is 11.9 Å². The number of ether oxygens (including phenoxy) is 3. The molecule has 6 nitrogen and oxygen atoms in total. The average Bonchev–Trinajstić information content (AvgIpc) is 2.37. The lowest BCUT2D eigenvalue weighted by Crippen LogP contribution is -2.18. The Morgan fingerprint density at radius 3 is 2.47 bits per heavy atom. The van der Waals surface area contributed by atoms with E-state index in [0.717, 1.165) is 0 Å². The molecule has 0 aliphatic heterocycles. The number of hydrogen-bond acceptors (Lipinski definition) is 6. The highest BCUT2D eigenvalue weighted by atomic mass is 16.7. The maximum Gasteiger partial charge on any atom is 0.337 e. The molecule has 0 radical (unpaired) electrons. The van der Waals surface area contributed by atoms with Crippen LogP contribution < -0.4 is 4.74 Å². The second-order valence-electron chi connectivity index (χ2n) is 3.65. The van der Waals surface area contributed by atoms with Crippen molar-refractivity contribution in [1.82, 2.24) is 0 Å². The molecule has 0 fully saturated rings. The maximum atomic E-state index is 11.3. The van der Waals surface area contributed by atoms with Gasteiger partial charge in [-0.2, -0.15) is 0 Å². The first kappa shape index (κ1) is 14.7. The largest absolute Gasteiger partial charge is 0.508 e. The van der Waals surface area contributed by atoms with Gasteiger partial charge < -0.3 is 19.3 Å². The van der Waals surface area contributed by atoms with Gasteiger partial charge in [-0.05, 0) is 31.2 Å². The topological polar surface area (TPSA) is 82.1 Å². The first-order valence-corrected chi connectivity index (χ1v) is 5.39. The van der Waals surface area contributed by atoms with Crippen LogP contribution in [-0.4, -0.2) is 30.4 Å². The van der Waals surface area contributed by atoms with Crippen LogP contribution in [0.5, 0.6) is 11.5 Å². The minimum Gasteiger partial charge on any atom is -0.508 e. The van der Waals surface area contributed by atoms with Gasteiger partial charge in [0.2, 0.25) is 0 Å². The van der Waals surface area contributed by atoms with Crippen LogP contribution in [0, 0.1) is 0 Å². The van der Waals surface area contributed by atoms with E-state index in [9.17, 15) is 9.59 Å². The van der Waals surface area contributed by atoms with Crippen molar-refractivity contribution in [2.75, 3.05) is 13.4 Å². The molecular formula is C13H14O6. The molecule has 6 heteroatoms. The van der Waals surface area contributed by atoms with Gasteiger partial charge in [-0.1, -0.05) is 6.58 Å². The normalized spacial score (nSPS) is 9.74. The molecule has 0 spiro atoms. The zero-order valence-electron chi connectivity index (χ0n) is 10.4. The zero-order valence-corrected chi connectivity index (χ0v) is 10.4. The highest BCUT2D eigenvalue weighted by Gasteiger charge is 2.07. The van der Waals surface area contributed by atoms with Crippen LogP contribution in [0.2, 0.25) is 0 Å². The lowest BCUT2D eigenvalue weighted by atomic mass is 10.3. The second-order valence-corrected chi connectivity index (χ2v) is 3.65. The Labute approximate surface area is 110 Å². The molecule has 0 heterocycles. The molecule has 0 saturated heterocycles. The van der Waals surface area contributed by atoms with Crippen molar-refractivity contribution in [3.8, 4) is 11.5 Å². The Balaban J connectivity index is 2.23. The molecule has 102 valence electrons. The number of phenols is 1. The van der Waals surface area contributed by atoms with Gasteiger partial charge in [0.15, 0.2) is 6.79 Å². The molecule has 1 rings (SSSR count). The quantitative estimate of drug-likeness (QED) is 0.275. The molecule has 0 atom stereocenters. The molecular weight excluding hydrogens is 252 g/mol. The van der Waals surface area contributed by atoms with Gasteiger partial charge in [0, 0.05) is 5.57 Å². The minimum atomic E-state index is -0.642. The number of rotatable bonds is 6. The Bertz CT molecular complexity index is 463. The number of carbonyl (C=O) groups excluding carboxylic acids is 2. The van der Waals surface area contributed by atoms with Crippen LogP contribution in [0.1, 0.15) is 6.92 Å². The summed E-state index contributed by atoms with van der Waals surface area (Å²) in [5.41, 5.74) is 0.246. The van der Waals surface area contributed by atoms with Gasteiger partial charge in [-0.15, -0.1) is 0 Å². The van der Waals surface area contributed by atoms with E-state index in [0.29, 0.717) is 0 Å². The van der Waals surface area contributed by atoms with E-state index < -0.39 is 11.9 Å². The molecule has 19 heavy (non-hydrogen) atoms. The Kier molecular flexibility index (Phi) is 5.56. The summed E-state index contributed by atoms with van der Waals surface area (Å²) >= 11 is 0. The van der Waals surface area contributed by atoms with Crippen molar-refractivity contribution in [2.24, 2.45) is 0 Å². The number of benzene rings is 1. The van der Waals surface area contributed by atoms with Crippen molar-refractivity contribution in [3.05, 3.63) is 36.4 Å². The van der Waals surface area contributed by atoms with Gasteiger partial charge >= 0.3 is 11.9 Å². The van der Waals surface area contributed by atoms with E-state index in [1.165, 1.54) is 31.2 Å². The van der Waals surface area contributed by atoms with Gasteiger partial charge in [-0.25, -0.2) is 9.59 Å². The van der Waals surface area contributed by atoms with Crippen LogP contribution in [0.15, 0.2) is 36.4 Å². The summed E-state index contributed by atoms with van der Waals surface area (Å²) in [6.07, 6.45) is 0. The number of hydrogen-bond donors (Lipinski definition) is 1. The smallest absolute Gasteiger partial charge is 0.337 e. The van der Waals surface area contributed by atoms with Crippen LogP contribution in [-0.2, 0) is 19.1 Å². The van der Waals surface area contributed by atoms with Crippen molar-refractivity contribution in [2.45, 2.75) is 6.92 Å². The number of aromatic hydroxyl groups is 1. The Morgan fingerprint density at radius 1 is 1.26 bits per heavy atom. The van der Waals surface area contributed by atoms with Crippen LogP contribution in [0.25, 0.3) is 0 Å². The Hall–Kier alpha value is -2.34. The standard InChI is InChI=1S/C13H14O6/c1-9(2)13(16)18-8-17-7-12(15)19-11-5-3-10(14)4-6-11/h3-6,14H,1,7-8H2,2H3. The predicted molar refractivity (Wildman–Crippen MR) is 65.5 cm³/mol. The van der Waals surface area contributed by atoms with Crippen molar-refractivity contribution < 1.29 is 28.9 Å². The number of phenolic OH excluding ortho intramolecular Hbond substituents is 1. The van der Waals surface area contributed by atoms with E-state index in [2.05, 4.69) is 11.3 Å². The first-order valence-electron chi connectivity index (χ1n) is 5.39. The zero-order chi connectivity index (χ0) is 14.3. The van der Waals surface area contributed by atoms with Crippen LogP contribution >= 0.6 is 0 Å².